The normalized spacial score (nSPS) is 18.4. The number of carbonyl (C=O) groups is 1. The minimum atomic E-state index is -0.353. The Balaban J connectivity index is 1.73. The van der Waals surface area contributed by atoms with Gasteiger partial charge in [-0.2, -0.15) is 4.98 Å². The van der Waals surface area contributed by atoms with Gasteiger partial charge < -0.3 is 15.4 Å². The van der Waals surface area contributed by atoms with E-state index in [0.717, 1.165) is 25.1 Å². The summed E-state index contributed by atoms with van der Waals surface area (Å²) >= 11 is 1.75. The van der Waals surface area contributed by atoms with Crippen molar-refractivity contribution < 1.29 is 9.53 Å². The number of hydrogen-bond donors (Lipinski definition) is 2. The van der Waals surface area contributed by atoms with E-state index >= 15 is 0 Å². The van der Waals surface area contributed by atoms with Gasteiger partial charge in [0.1, 0.15) is 12.4 Å². The van der Waals surface area contributed by atoms with Gasteiger partial charge in [-0.15, -0.1) is 11.8 Å². The fourth-order valence-electron chi connectivity index (χ4n) is 2.54. The van der Waals surface area contributed by atoms with Gasteiger partial charge in [0, 0.05) is 11.9 Å². The molecule has 7 nitrogen and oxygen atoms in total. The summed E-state index contributed by atoms with van der Waals surface area (Å²) in [6, 6.07) is 1.88. The summed E-state index contributed by atoms with van der Waals surface area (Å²) in [6.45, 7) is 3.11. The van der Waals surface area contributed by atoms with Crippen molar-refractivity contribution in [2.24, 2.45) is 0 Å². The topological polar surface area (TPSA) is 79.4 Å². The summed E-state index contributed by atoms with van der Waals surface area (Å²) in [5.74, 6) is 2.00. The monoisotopic (exact) mass is 335 g/mol. The lowest BCUT2D eigenvalue weighted by atomic mass is 10.1. The van der Waals surface area contributed by atoms with Crippen LogP contribution in [-0.2, 0) is 4.74 Å². The number of nitrogens with one attached hydrogen (secondary N) is 2. The highest BCUT2D eigenvalue weighted by atomic mass is 32.2. The number of thioether (sulfide) groups is 1. The van der Waals surface area contributed by atoms with Crippen molar-refractivity contribution in [3.8, 4) is 0 Å². The van der Waals surface area contributed by atoms with Gasteiger partial charge in [-0.25, -0.2) is 9.78 Å². The molecule has 3 rings (SSSR count). The molecule has 23 heavy (non-hydrogen) atoms. The molecule has 2 aliphatic rings. The van der Waals surface area contributed by atoms with Gasteiger partial charge in [0.25, 0.3) is 0 Å². The first kappa shape index (κ1) is 15.9. The maximum atomic E-state index is 11.7. The van der Waals surface area contributed by atoms with E-state index in [2.05, 4.69) is 32.9 Å². The molecular formula is C15H21N5O2S. The third-order valence-electron chi connectivity index (χ3n) is 3.77. The number of nitrogens with zero attached hydrogens (tertiary/aromatic N) is 3. The van der Waals surface area contributed by atoms with Gasteiger partial charge in [-0.1, -0.05) is 19.8 Å². The summed E-state index contributed by atoms with van der Waals surface area (Å²) in [7, 11) is 0. The van der Waals surface area contributed by atoms with Crippen LogP contribution in [0, 0.1) is 0 Å². The maximum absolute atomic E-state index is 11.7. The highest BCUT2D eigenvalue weighted by Gasteiger charge is 2.25. The first-order valence-corrected chi connectivity index (χ1v) is 8.92. The molecule has 0 spiro atoms. The van der Waals surface area contributed by atoms with Crippen LogP contribution in [0.5, 0.6) is 0 Å². The number of cyclic esters (lactones) is 1. The molecular weight excluding hydrogens is 314 g/mol. The number of carbonyl (C=O) groups excluding carboxylic acids is 1. The Morgan fingerprint density at radius 3 is 3.17 bits per heavy atom. The first-order valence-electron chi connectivity index (χ1n) is 7.87. The quantitative estimate of drug-likeness (QED) is 0.792. The zero-order chi connectivity index (χ0) is 16.1. The Bertz CT molecular complexity index is 595. The minimum Gasteiger partial charge on any atom is -0.447 e. The molecule has 1 saturated heterocycles. The summed E-state index contributed by atoms with van der Waals surface area (Å²) in [6.07, 6.45) is 4.58. The zero-order valence-electron chi connectivity index (χ0n) is 13.1. The van der Waals surface area contributed by atoms with Crippen molar-refractivity contribution >= 4 is 29.6 Å². The van der Waals surface area contributed by atoms with E-state index in [4.69, 9.17) is 4.74 Å². The number of unbranched alkanes of at least 4 members (excludes halogenated alkanes) is 1. The molecule has 1 unspecified atom stereocenters. The van der Waals surface area contributed by atoms with Crippen LogP contribution in [0.3, 0.4) is 0 Å². The average molecular weight is 335 g/mol. The fraction of sp³-hybridized carbons (Fsp3) is 0.533. The minimum absolute atomic E-state index is 0.158. The van der Waals surface area contributed by atoms with Crippen molar-refractivity contribution in [3.63, 3.8) is 0 Å². The molecule has 0 aliphatic carbocycles. The number of hydrogen-bond acceptors (Lipinski definition) is 7. The second-order valence-electron chi connectivity index (χ2n) is 5.40. The van der Waals surface area contributed by atoms with E-state index < -0.39 is 0 Å². The summed E-state index contributed by atoms with van der Waals surface area (Å²) in [5.41, 5.74) is 1.18. The van der Waals surface area contributed by atoms with Crippen molar-refractivity contribution in [1.82, 2.24) is 15.3 Å². The Labute approximate surface area is 139 Å². The van der Waals surface area contributed by atoms with Crippen LogP contribution < -0.4 is 15.5 Å². The molecule has 1 aromatic heterocycles. The zero-order valence-corrected chi connectivity index (χ0v) is 13.9. The fourth-order valence-corrected chi connectivity index (χ4v) is 3.30. The van der Waals surface area contributed by atoms with E-state index in [1.165, 1.54) is 10.6 Å². The molecule has 3 heterocycles. The van der Waals surface area contributed by atoms with Gasteiger partial charge in [-0.3, -0.25) is 4.90 Å². The smallest absolute Gasteiger partial charge is 0.415 e. The van der Waals surface area contributed by atoms with Crippen LogP contribution in [0.4, 0.5) is 16.6 Å². The molecule has 1 atom stereocenters. The average Bonchev–Trinajstić information content (AvgIpc) is 3.23. The summed E-state index contributed by atoms with van der Waals surface area (Å²) in [5, 5.41) is 8.92. The van der Waals surface area contributed by atoms with E-state index in [0.29, 0.717) is 24.9 Å². The highest BCUT2D eigenvalue weighted by Crippen LogP contribution is 2.22. The third-order valence-corrected chi connectivity index (χ3v) is 4.50. The van der Waals surface area contributed by atoms with E-state index in [1.54, 1.807) is 24.0 Å². The van der Waals surface area contributed by atoms with Crippen LogP contribution in [-0.4, -0.2) is 41.1 Å². The number of anilines is 2. The SMILES string of the molecule is CCCCC(Nc1nccc(N2CCOC2=O)n1)C1=CSCN1. The predicted octanol–water partition coefficient (Wildman–Crippen LogP) is 2.54. The van der Waals surface area contributed by atoms with Crippen molar-refractivity contribution in [1.29, 1.82) is 0 Å². The van der Waals surface area contributed by atoms with Gasteiger partial charge in [0.2, 0.25) is 5.95 Å². The van der Waals surface area contributed by atoms with Gasteiger partial charge in [-0.05, 0) is 17.9 Å². The predicted molar refractivity (Wildman–Crippen MR) is 91.3 cm³/mol. The lowest BCUT2D eigenvalue weighted by Gasteiger charge is -2.21. The summed E-state index contributed by atoms with van der Waals surface area (Å²) < 4.78 is 4.96. The van der Waals surface area contributed by atoms with Crippen LogP contribution in [0.1, 0.15) is 26.2 Å². The molecule has 0 aromatic carbocycles. The van der Waals surface area contributed by atoms with Crippen LogP contribution >= 0.6 is 11.8 Å². The van der Waals surface area contributed by atoms with E-state index in [9.17, 15) is 4.79 Å². The van der Waals surface area contributed by atoms with Gasteiger partial charge in [0.05, 0.1) is 18.5 Å². The Hall–Kier alpha value is -1.96. The van der Waals surface area contributed by atoms with Crippen molar-refractivity contribution in [3.05, 3.63) is 23.4 Å². The molecule has 0 radical (unpaired) electrons. The molecule has 1 fully saturated rings. The van der Waals surface area contributed by atoms with Gasteiger partial charge >= 0.3 is 6.09 Å². The number of ether oxygens (including phenoxy) is 1. The van der Waals surface area contributed by atoms with Crippen LogP contribution in [0.25, 0.3) is 0 Å². The van der Waals surface area contributed by atoms with E-state index in [1.807, 2.05) is 0 Å². The number of rotatable bonds is 7. The Morgan fingerprint density at radius 1 is 1.57 bits per heavy atom. The molecule has 1 aromatic rings. The largest absolute Gasteiger partial charge is 0.447 e. The molecule has 0 bridgehead atoms. The third kappa shape index (κ3) is 3.87. The molecule has 0 saturated carbocycles. The lowest BCUT2D eigenvalue weighted by Crippen LogP contribution is -2.30. The highest BCUT2D eigenvalue weighted by molar-refractivity contribution is 8.02. The number of amides is 1. The molecule has 124 valence electrons. The molecule has 8 heteroatoms. The standard InChI is InChI=1S/C15H21N5O2S/c1-2-3-4-11(12-9-23-10-17-12)18-14-16-6-5-13(19-14)20-7-8-22-15(20)21/h5-6,9,11,17H,2-4,7-8,10H2,1H3,(H,16,18,19). The second-order valence-corrected chi connectivity index (χ2v) is 6.26. The lowest BCUT2D eigenvalue weighted by molar-refractivity contribution is 0.181. The van der Waals surface area contributed by atoms with Crippen LogP contribution in [0.15, 0.2) is 23.4 Å². The first-order chi connectivity index (χ1) is 11.3. The molecule has 2 N–H and O–H groups in total. The van der Waals surface area contributed by atoms with Gasteiger partial charge in [0.15, 0.2) is 0 Å². The summed E-state index contributed by atoms with van der Waals surface area (Å²) in [4.78, 5) is 21.9. The molecule has 1 amide bonds. The van der Waals surface area contributed by atoms with Crippen LogP contribution in [0.2, 0.25) is 0 Å². The Morgan fingerprint density at radius 2 is 2.48 bits per heavy atom. The maximum Gasteiger partial charge on any atom is 0.415 e. The second kappa shape index (κ2) is 7.54. The van der Waals surface area contributed by atoms with Crippen molar-refractivity contribution in [2.45, 2.75) is 32.2 Å². The van der Waals surface area contributed by atoms with E-state index in [-0.39, 0.29) is 12.1 Å². The molecule has 2 aliphatic heterocycles. The Kier molecular flexibility index (Phi) is 5.22. The van der Waals surface area contributed by atoms with Crippen molar-refractivity contribution in [2.75, 3.05) is 29.2 Å². The number of aromatic nitrogens is 2.